The van der Waals surface area contributed by atoms with Gasteiger partial charge in [-0.3, -0.25) is 4.79 Å². The van der Waals surface area contributed by atoms with Crippen molar-refractivity contribution in [2.75, 3.05) is 0 Å². The molecule has 6 nitrogen and oxygen atoms in total. The van der Waals surface area contributed by atoms with Crippen molar-refractivity contribution in [1.29, 1.82) is 0 Å². The highest BCUT2D eigenvalue weighted by Crippen LogP contribution is 2.31. The molecule has 0 spiro atoms. The molecule has 1 aromatic heterocycles. The maximum atomic E-state index is 12.5. The van der Waals surface area contributed by atoms with Gasteiger partial charge in [0.2, 0.25) is 0 Å². The topological polar surface area (TPSA) is 92.3 Å². The normalized spacial score (nSPS) is 11.2. The lowest BCUT2D eigenvalue weighted by molar-refractivity contribution is -0.137. The van der Waals surface area contributed by atoms with E-state index in [1.165, 1.54) is 12.1 Å². The molecule has 1 aromatic carbocycles. The van der Waals surface area contributed by atoms with E-state index in [1.807, 2.05) is 0 Å². The average Bonchev–Trinajstić information content (AvgIpc) is 2.44. The van der Waals surface area contributed by atoms with Crippen LogP contribution in [-0.2, 0) is 12.8 Å². The predicted octanol–water partition coefficient (Wildman–Crippen LogP) is 2.07. The number of aromatic amines is 1. The Hall–Kier alpha value is -2.84. The average molecular weight is 314 g/mol. The van der Waals surface area contributed by atoms with E-state index in [0.29, 0.717) is 0 Å². The number of H-pyrrole nitrogens is 1. The van der Waals surface area contributed by atoms with Gasteiger partial charge in [-0.15, -0.1) is 0 Å². The number of halogens is 3. The molecule has 0 saturated carbocycles. The molecule has 2 aromatic rings. The molecule has 2 N–H and O–H groups in total. The van der Waals surface area contributed by atoms with E-state index in [9.17, 15) is 22.8 Å². The monoisotopic (exact) mass is 314 g/mol. The third-order valence-corrected chi connectivity index (χ3v) is 2.62. The first kappa shape index (κ1) is 15.5. The van der Waals surface area contributed by atoms with Crippen LogP contribution in [0, 0.1) is 0 Å². The fourth-order valence-corrected chi connectivity index (χ4v) is 1.57. The molecule has 1 heterocycles. The van der Waals surface area contributed by atoms with Gasteiger partial charge in [0.25, 0.3) is 5.56 Å². The third-order valence-electron chi connectivity index (χ3n) is 2.62. The van der Waals surface area contributed by atoms with Gasteiger partial charge in [0, 0.05) is 6.20 Å². The van der Waals surface area contributed by atoms with Crippen molar-refractivity contribution in [3.05, 3.63) is 57.8 Å². The summed E-state index contributed by atoms with van der Waals surface area (Å²) in [6.45, 7) is -0.309. The molecule has 2 rings (SSSR count). The number of aromatic nitrogens is 2. The first-order chi connectivity index (χ1) is 10.3. The summed E-state index contributed by atoms with van der Waals surface area (Å²) in [5.41, 5.74) is -2.28. The Kier molecular flexibility index (Phi) is 4.15. The van der Waals surface area contributed by atoms with E-state index in [-0.39, 0.29) is 18.2 Å². The molecule has 0 amide bonds. The number of carboxylic acid groups (broad SMARTS) is 1. The van der Waals surface area contributed by atoms with Gasteiger partial charge in [-0.1, -0.05) is 6.07 Å². The van der Waals surface area contributed by atoms with Crippen molar-refractivity contribution >= 4 is 5.97 Å². The number of hydrogen-bond donors (Lipinski definition) is 2. The standard InChI is InChI=1S/C13H9F3N2O4/c14-13(15,16)7-2-1-3-8(4-7)22-6-10-17-5-9(12(20)21)11(19)18-10/h1-5H,6H2,(H,20,21)(H,17,18,19). The number of aromatic carboxylic acids is 1. The number of benzene rings is 1. The van der Waals surface area contributed by atoms with E-state index in [1.54, 1.807) is 0 Å². The minimum Gasteiger partial charge on any atom is -0.486 e. The molecule has 0 unspecified atom stereocenters. The molecular weight excluding hydrogens is 305 g/mol. The third kappa shape index (κ3) is 3.62. The molecule has 0 aliphatic heterocycles. The number of carboxylic acids is 1. The number of ether oxygens (including phenoxy) is 1. The summed E-state index contributed by atoms with van der Waals surface area (Å²) in [4.78, 5) is 27.9. The van der Waals surface area contributed by atoms with E-state index in [4.69, 9.17) is 9.84 Å². The maximum absolute atomic E-state index is 12.5. The Morgan fingerprint density at radius 2 is 2.09 bits per heavy atom. The van der Waals surface area contributed by atoms with Crippen LogP contribution in [0.2, 0.25) is 0 Å². The zero-order chi connectivity index (χ0) is 16.3. The van der Waals surface area contributed by atoms with E-state index in [0.717, 1.165) is 18.3 Å². The second-order valence-electron chi connectivity index (χ2n) is 4.19. The number of rotatable bonds is 4. The fraction of sp³-hybridized carbons (Fsp3) is 0.154. The molecule has 0 radical (unpaired) electrons. The summed E-state index contributed by atoms with van der Waals surface area (Å²) >= 11 is 0. The summed E-state index contributed by atoms with van der Waals surface area (Å²) in [5.74, 6) is -1.49. The van der Waals surface area contributed by atoms with E-state index < -0.39 is 28.8 Å². The van der Waals surface area contributed by atoms with Crippen molar-refractivity contribution in [2.45, 2.75) is 12.8 Å². The highest BCUT2D eigenvalue weighted by molar-refractivity contribution is 5.86. The van der Waals surface area contributed by atoms with Crippen molar-refractivity contribution < 1.29 is 27.8 Å². The second kappa shape index (κ2) is 5.88. The van der Waals surface area contributed by atoms with Gasteiger partial charge in [0.15, 0.2) is 0 Å². The number of carbonyl (C=O) groups is 1. The largest absolute Gasteiger partial charge is 0.486 e. The maximum Gasteiger partial charge on any atom is 0.416 e. The van der Waals surface area contributed by atoms with Crippen LogP contribution < -0.4 is 10.3 Å². The van der Waals surface area contributed by atoms with Crippen LogP contribution >= 0.6 is 0 Å². The molecule has 9 heteroatoms. The minimum absolute atomic E-state index is 0.00703. The van der Waals surface area contributed by atoms with Crippen LogP contribution in [-0.4, -0.2) is 21.0 Å². The summed E-state index contributed by atoms with van der Waals surface area (Å²) in [6.07, 6.45) is -3.64. The van der Waals surface area contributed by atoms with Gasteiger partial charge in [-0.05, 0) is 18.2 Å². The number of nitrogens with one attached hydrogen (secondary N) is 1. The second-order valence-corrected chi connectivity index (χ2v) is 4.19. The molecule has 0 fully saturated rings. The van der Waals surface area contributed by atoms with Crippen LogP contribution in [0.15, 0.2) is 35.3 Å². The van der Waals surface area contributed by atoms with Crippen LogP contribution in [0.25, 0.3) is 0 Å². The summed E-state index contributed by atoms with van der Waals surface area (Å²) in [5, 5.41) is 8.67. The quantitative estimate of drug-likeness (QED) is 0.901. The minimum atomic E-state index is -4.49. The fourth-order valence-electron chi connectivity index (χ4n) is 1.57. The van der Waals surface area contributed by atoms with Crippen molar-refractivity contribution in [3.8, 4) is 5.75 Å². The Bertz CT molecular complexity index is 755. The number of alkyl halides is 3. The SMILES string of the molecule is O=C(O)c1cnc(COc2cccc(C(F)(F)F)c2)[nH]c1=O. The highest BCUT2D eigenvalue weighted by Gasteiger charge is 2.30. The van der Waals surface area contributed by atoms with Crippen molar-refractivity contribution in [1.82, 2.24) is 9.97 Å². The van der Waals surface area contributed by atoms with Crippen LogP contribution in [0.1, 0.15) is 21.7 Å². The lowest BCUT2D eigenvalue weighted by Gasteiger charge is -2.09. The Labute approximate surface area is 121 Å². The zero-order valence-electron chi connectivity index (χ0n) is 10.8. The molecule has 116 valence electrons. The van der Waals surface area contributed by atoms with Gasteiger partial charge >= 0.3 is 12.1 Å². The van der Waals surface area contributed by atoms with E-state index >= 15 is 0 Å². The Morgan fingerprint density at radius 1 is 1.36 bits per heavy atom. The van der Waals surface area contributed by atoms with Gasteiger partial charge in [0.1, 0.15) is 23.7 Å². The van der Waals surface area contributed by atoms with Crippen LogP contribution in [0.4, 0.5) is 13.2 Å². The number of hydrogen-bond acceptors (Lipinski definition) is 4. The molecular formula is C13H9F3N2O4. The van der Waals surface area contributed by atoms with Crippen LogP contribution in [0.3, 0.4) is 0 Å². The van der Waals surface area contributed by atoms with Gasteiger partial charge < -0.3 is 14.8 Å². The smallest absolute Gasteiger partial charge is 0.416 e. The zero-order valence-corrected chi connectivity index (χ0v) is 10.8. The number of nitrogens with zero attached hydrogens (tertiary/aromatic N) is 1. The van der Waals surface area contributed by atoms with Crippen molar-refractivity contribution in [3.63, 3.8) is 0 Å². The summed E-state index contributed by atoms with van der Waals surface area (Å²) in [7, 11) is 0. The summed E-state index contributed by atoms with van der Waals surface area (Å²) < 4.78 is 42.7. The first-order valence-corrected chi connectivity index (χ1v) is 5.89. The summed E-state index contributed by atoms with van der Waals surface area (Å²) in [6, 6.07) is 4.21. The van der Waals surface area contributed by atoms with Crippen molar-refractivity contribution in [2.24, 2.45) is 0 Å². The lowest BCUT2D eigenvalue weighted by Crippen LogP contribution is -2.20. The molecule has 0 saturated heterocycles. The molecule has 0 bridgehead atoms. The highest BCUT2D eigenvalue weighted by atomic mass is 19.4. The van der Waals surface area contributed by atoms with Gasteiger partial charge in [-0.2, -0.15) is 13.2 Å². The van der Waals surface area contributed by atoms with Gasteiger partial charge in [-0.25, -0.2) is 9.78 Å². The predicted molar refractivity (Wildman–Crippen MR) is 67.6 cm³/mol. The lowest BCUT2D eigenvalue weighted by atomic mass is 10.2. The van der Waals surface area contributed by atoms with Crippen LogP contribution in [0.5, 0.6) is 5.75 Å². The molecule has 0 aliphatic carbocycles. The van der Waals surface area contributed by atoms with Gasteiger partial charge in [0.05, 0.1) is 5.56 Å². The molecule has 22 heavy (non-hydrogen) atoms. The Morgan fingerprint density at radius 3 is 2.68 bits per heavy atom. The molecule has 0 aliphatic rings. The Balaban J connectivity index is 2.12. The first-order valence-electron chi connectivity index (χ1n) is 5.89. The van der Waals surface area contributed by atoms with E-state index in [2.05, 4.69) is 9.97 Å². The molecule has 0 atom stereocenters.